The third-order valence-corrected chi connectivity index (χ3v) is 4.70. The predicted octanol–water partition coefficient (Wildman–Crippen LogP) is -0.670. The lowest BCUT2D eigenvalue weighted by Gasteiger charge is -2.51. The molecular formula is C14H25IN2O. The van der Waals surface area contributed by atoms with Crippen molar-refractivity contribution in [1.29, 1.82) is 5.26 Å². The van der Waals surface area contributed by atoms with Gasteiger partial charge >= 0.3 is 0 Å². The number of nitrogens with zero attached hydrogens (tertiary/aromatic N) is 2. The summed E-state index contributed by atoms with van der Waals surface area (Å²) >= 11 is 0. The van der Waals surface area contributed by atoms with Gasteiger partial charge in [-0.3, -0.25) is 0 Å². The summed E-state index contributed by atoms with van der Waals surface area (Å²) in [5.41, 5.74) is 0. The van der Waals surface area contributed by atoms with Crippen molar-refractivity contribution in [3.8, 4) is 6.07 Å². The van der Waals surface area contributed by atoms with Crippen molar-refractivity contribution in [2.24, 2.45) is 5.92 Å². The van der Waals surface area contributed by atoms with E-state index in [0.717, 1.165) is 18.6 Å². The fraction of sp³-hybridized carbons (Fsp3) is 0.929. The highest BCUT2D eigenvalue weighted by Gasteiger charge is 2.43. The van der Waals surface area contributed by atoms with Crippen LogP contribution in [0.5, 0.6) is 0 Å². The number of piperidine rings is 2. The van der Waals surface area contributed by atoms with Crippen LogP contribution in [0.15, 0.2) is 0 Å². The smallest absolute Gasteiger partial charge is 0.0939 e. The van der Waals surface area contributed by atoms with Crippen molar-refractivity contribution in [1.82, 2.24) is 0 Å². The van der Waals surface area contributed by atoms with Gasteiger partial charge < -0.3 is 33.2 Å². The number of quaternary nitrogens is 1. The van der Waals surface area contributed by atoms with Gasteiger partial charge in [-0.25, -0.2) is 0 Å². The highest BCUT2D eigenvalue weighted by Crippen LogP contribution is 2.35. The van der Waals surface area contributed by atoms with E-state index in [1.807, 2.05) is 0 Å². The van der Waals surface area contributed by atoms with E-state index in [-0.39, 0.29) is 24.0 Å². The van der Waals surface area contributed by atoms with Crippen molar-refractivity contribution >= 4 is 0 Å². The van der Waals surface area contributed by atoms with E-state index < -0.39 is 0 Å². The monoisotopic (exact) mass is 364 g/mol. The molecule has 2 heterocycles. The van der Waals surface area contributed by atoms with E-state index in [1.165, 1.54) is 49.7 Å². The van der Waals surface area contributed by atoms with E-state index in [2.05, 4.69) is 13.1 Å². The molecule has 0 bridgehead atoms. The number of fused-ring (bicyclic) bond motifs is 1. The van der Waals surface area contributed by atoms with Crippen LogP contribution in [0.1, 0.15) is 38.5 Å². The largest absolute Gasteiger partial charge is 1.00 e. The number of hydrogen-bond donors (Lipinski definition) is 0. The van der Waals surface area contributed by atoms with Crippen LogP contribution in [0.4, 0.5) is 0 Å². The normalized spacial score (nSPS) is 35.1. The van der Waals surface area contributed by atoms with Crippen LogP contribution in [0.2, 0.25) is 0 Å². The molecule has 0 saturated carbocycles. The number of rotatable bonds is 4. The topological polar surface area (TPSA) is 33.0 Å². The van der Waals surface area contributed by atoms with Crippen LogP contribution < -0.4 is 24.0 Å². The second-order valence-corrected chi connectivity index (χ2v) is 5.88. The first-order valence-corrected chi connectivity index (χ1v) is 7.05. The fourth-order valence-electron chi connectivity index (χ4n) is 3.78. The molecule has 0 aromatic carbocycles. The van der Waals surface area contributed by atoms with Gasteiger partial charge in [-0.1, -0.05) is 0 Å². The maximum atomic E-state index is 8.50. The number of halogens is 1. The van der Waals surface area contributed by atoms with Gasteiger partial charge in [0.05, 0.1) is 51.9 Å². The van der Waals surface area contributed by atoms with Crippen molar-refractivity contribution in [2.45, 2.75) is 44.6 Å². The molecule has 18 heavy (non-hydrogen) atoms. The van der Waals surface area contributed by atoms with E-state index in [4.69, 9.17) is 10.00 Å². The maximum Gasteiger partial charge on any atom is 0.0939 e. The van der Waals surface area contributed by atoms with Crippen molar-refractivity contribution < 1.29 is 33.2 Å². The van der Waals surface area contributed by atoms with Crippen LogP contribution in [0, 0.1) is 17.2 Å². The summed E-state index contributed by atoms with van der Waals surface area (Å²) in [6.07, 6.45) is 7.37. The van der Waals surface area contributed by atoms with Gasteiger partial charge in [-0.2, -0.15) is 5.26 Å². The third-order valence-electron chi connectivity index (χ3n) is 4.70. The SMILES string of the molecule is C[N+]12CCCC[C@@H]1[C@H](COCCC#N)CCC2.[I-]. The first kappa shape index (κ1) is 16.2. The van der Waals surface area contributed by atoms with Crippen molar-refractivity contribution in [3.05, 3.63) is 0 Å². The molecule has 3 atom stereocenters. The Bertz CT molecular complexity index is 288. The fourth-order valence-corrected chi connectivity index (χ4v) is 3.78. The molecule has 0 spiro atoms. The molecule has 2 aliphatic rings. The molecule has 0 N–H and O–H groups in total. The Kier molecular flexibility index (Phi) is 6.89. The van der Waals surface area contributed by atoms with Crippen LogP contribution >= 0.6 is 0 Å². The second-order valence-electron chi connectivity index (χ2n) is 5.88. The minimum atomic E-state index is 0. The van der Waals surface area contributed by atoms with Crippen molar-refractivity contribution in [3.63, 3.8) is 0 Å². The molecule has 0 amide bonds. The average Bonchev–Trinajstić information content (AvgIpc) is 2.34. The highest BCUT2D eigenvalue weighted by molar-refractivity contribution is 4.79. The van der Waals surface area contributed by atoms with Gasteiger partial charge in [-0.15, -0.1) is 0 Å². The molecular weight excluding hydrogens is 339 g/mol. The van der Waals surface area contributed by atoms with Crippen LogP contribution in [0.25, 0.3) is 0 Å². The molecule has 0 aromatic heterocycles. The van der Waals surface area contributed by atoms with E-state index in [9.17, 15) is 0 Å². The summed E-state index contributed by atoms with van der Waals surface area (Å²) in [7, 11) is 2.44. The lowest BCUT2D eigenvalue weighted by atomic mass is 9.82. The van der Waals surface area contributed by atoms with Crippen LogP contribution in [0.3, 0.4) is 0 Å². The zero-order chi connectivity index (χ0) is 12.1. The van der Waals surface area contributed by atoms with E-state index in [0.29, 0.717) is 13.0 Å². The Balaban J connectivity index is 0.00000162. The Morgan fingerprint density at radius 2 is 2.00 bits per heavy atom. The first-order chi connectivity index (χ1) is 8.26. The zero-order valence-electron chi connectivity index (χ0n) is 11.4. The quantitative estimate of drug-likeness (QED) is 0.377. The number of hydrogen-bond acceptors (Lipinski definition) is 2. The molecule has 0 aromatic rings. The molecule has 0 radical (unpaired) electrons. The average molecular weight is 364 g/mol. The summed E-state index contributed by atoms with van der Waals surface area (Å²) in [5.74, 6) is 0.729. The van der Waals surface area contributed by atoms with E-state index >= 15 is 0 Å². The van der Waals surface area contributed by atoms with Crippen LogP contribution in [-0.2, 0) is 4.74 Å². The molecule has 3 nitrogen and oxygen atoms in total. The van der Waals surface area contributed by atoms with Crippen LogP contribution in [-0.4, -0.2) is 43.9 Å². The van der Waals surface area contributed by atoms with Gasteiger partial charge in [0.15, 0.2) is 0 Å². The lowest BCUT2D eigenvalue weighted by molar-refractivity contribution is -0.947. The molecule has 4 heteroatoms. The summed E-state index contributed by atoms with van der Waals surface area (Å²) in [6, 6.07) is 2.96. The molecule has 0 aliphatic carbocycles. The van der Waals surface area contributed by atoms with E-state index in [1.54, 1.807) is 0 Å². The molecule has 2 aliphatic heterocycles. The Morgan fingerprint density at radius 3 is 2.78 bits per heavy atom. The third kappa shape index (κ3) is 3.82. The standard InChI is InChI=1S/C14H25N2O.HI/c1-16-9-3-2-7-14(16)13(6-4-10-16)12-17-11-5-8-15;/h13-14H,2-7,9-12H2,1H3;1H/q+1;/p-1/t13-,14+,16?;/m0./s1. The molecule has 1 unspecified atom stereocenters. The van der Waals surface area contributed by atoms with Gasteiger partial charge in [-0.05, 0) is 25.7 Å². The number of nitriles is 1. The summed E-state index contributed by atoms with van der Waals surface area (Å²) in [6.45, 7) is 4.21. The Labute approximate surface area is 128 Å². The maximum absolute atomic E-state index is 8.50. The summed E-state index contributed by atoms with van der Waals surface area (Å²) < 4.78 is 6.96. The van der Waals surface area contributed by atoms with Gasteiger partial charge in [0.1, 0.15) is 0 Å². The highest BCUT2D eigenvalue weighted by atomic mass is 127. The first-order valence-electron chi connectivity index (χ1n) is 7.05. The van der Waals surface area contributed by atoms with Crippen molar-refractivity contribution in [2.75, 3.05) is 33.4 Å². The minimum Gasteiger partial charge on any atom is -1.00 e. The molecule has 2 saturated heterocycles. The molecule has 104 valence electrons. The number of ether oxygens (including phenoxy) is 1. The Hall–Kier alpha value is 0.140. The second kappa shape index (κ2) is 7.66. The summed E-state index contributed by atoms with van der Waals surface area (Å²) in [4.78, 5) is 0. The zero-order valence-corrected chi connectivity index (χ0v) is 13.6. The van der Waals surface area contributed by atoms with Gasteiger partial charge in [0.25, 0.3) is 0 Å². The minimum absolute atomic E-state index is 0. The van der Waals surface area contributed by atoms with Gasteiger partial charge in [0, 0.05) is 12.3 Å². The molecule has 2 fully saturated rings. The lowest BCUT2D eigenvalue weighted by Crippen LogP contribution is -3.00. The Morgan fingerprint density at radius 1 is 1.22 bits per heavy atom. The predicted molar refractivity (Wildman–Crippen MR) is 67.3 cm³/mol. The molecule has 2 rings (SSSR count). The summed E-state index contributed by atoms with van der Waals surface area (Å²) in [5, 5.41) is 8.50. The van der Waals surface area contributed by atoms with Gasteiger partial charge in [0.2, 0.25) is 0 Å².